The number of aromatic nitrogens is 4. The maximum absolute atomic E-state index is 13.2. The van der Waals surface area contributed by atoms with Crippen LogP contribution in [0.4, 0.5) is 0 Å². The topological polar surface area (TPSA) is 354 Å². The average Bonchev–Trinajstić information content (AvgIpc) is 1.66. The monoisotopic (exact) mass is 1430 g/mol. The van der Waals surface area contributed by atoms with Gasteiger partial charge in [0.05, 0.1) is 88.4 Å². The molecule has 3 amide bonds. The van der Waals surface area contributed by atoms with Crippen LogP contribution in [0.5, 0.6) is 40.2 Å². The highest BCUT2D eigenvalue weighted by molar-refractivity contribution is 8.00. The van der Waals surface area contributed by atoms with Crippen molar-refractivity contribution in [2.24, 2.45) is 0 Å². The molecule has 26 nitrogen and oxygen atoms in total. The first-order valence-corrected chi connectivity index (χ1v) is 33.2. The molecule has 0 saturated heterocycles. The van der Waals surface area contributed by atoms with Crippen molar-refractivity contribution < 1.29 is 76.1 Å². The van der Waals surface area contributed by atoms with Crippen molar-refractivity contribution in [3.8, 4) is 58.5 Å². The number of amides is 3. The van der Waals surface area contributed by atoms with Crippen molar-refractivity contribution in [3.05, 3.63) is 244 Å². The van der Waals surface area contributed by atoms with E-state index in [9.17, 15) is 34.0 Å². The number of thioether (sulfide) groups is 2. The summed E-state index contributed by atoms with van der Waals surface area (Å²) in [6.45, 7) is 0.824. The zero-order valence-electron chi connectivity index (χ0n) is 56.3. The first kappa shape index (κ1) is 76.1. The number of nitriles is 3. The highest BCUT2D eigenvalue weighted by Crippen LogP contribution is 2.39. The maximum Gasteiger partial charge on any atom is 0.317 e. The van der Waals surface area contributed by atoms with Gasteiger partial charge >= 0.3 is 17.9 Å². The molecule has 9 aromatic rings. The predicted molar refractivity (Wildman–Crippen MR) is 374 cm³/mol. The fraction of sp³-hybridized carbons (Fsp3) is 0.213. The maximum atomic E-state index is 13.2. The summed E-state index contributed by atoms with van der Waals surface area (Å²) >= 11 is 2.21. The van der Waals surface area contributed by atoms with Crippen LogP contribution in [0.1, 0.15) is 73.9 Å². The van der Waals surface area contributed by atoms with Gasteiger partial charge in [-0.25, -0.2) is 19.9 Å². The number of nitrogens with zero attached hydrogens (tertiary/aromatic N) is 7. The Morgan fingerprint density at radius 2 is 0.903 bits per heavy atom. The second-order valence-electron chi connectivity index (χ2n) is 21.5. The van der Waals surface area contributed by atoms with Crippen molar-refractivity contribution >= 4 is 59.2 Å². The Morgan fingerprint density at radius 3 is 1.39 bits per heavy atom. The minimum absolute atomic E-state index is 0.00772. The molecule has 0 bridgehead atoms. The Kier molecular flexibility index (Phi) is 29.4. The molecule has 0 radical (unpaired) electrons. The lowest BCUT2D eigenvalue weighted by molar-refractivity contribution is -0.156. The van der Waals surface area contributed by atoms with E-state index in [1.54, 1.807) is 166 Å². The van der Waals surface area contributed by atoms with Crippen LogP contribution in [0.3, 0.4) is 0 Å². The van der Waals surface area contributed by atoms with Gasteiger partial charge in [-0.15, -0.1) is 0 Å². The van der Waals surface area contributed by atoms with Gasteiger partial charge in [0.1, 0.15) is 11.5 Å². The quantitative estimate of drug-likeness (QED) is 0.0170. The second-order valence-corrected chi connectivity index (χ2v) is 23.4. The number of methoxy groups -OCH3 is 5. The molecule has 0 aliphatic carbocycles. The molecular formula is C75H68N10O16S2. The van der Waals surface area contributed by atoms with Crippen LogP contribution in [0.15, 0.2) is 199 Å². The van der Waals surface area contributed by atoms with Gasteiger partial charge in [-0.05, 0) is 126 Å². The Hall–Kier alpha value is -12.7. The third-order valence-electron chi connectivity index (χ3n) is 14.7. The van der Waals surface area contributed by atoms with E-state index < -0.39 is 53.9 Å². The number of carbonyl (C=O) groups excluding carboxylic acids is 6. The molecule has 0 spiro atoms. The summed E-state index contributed by atoms with van der Waals surface area (Å²) in [6, 6.07) is 51.8. The molecule has 10 rings (SSSR count). The van der Waals surface area contributed by atoms with Crippen molar-refractivity contribution in [1.82, 2.24) is 35.9 Å². The first-order chi connectivity index (χ1) is 50.1. The highest BCUT2D eigenvalue weighted by Gasteiger charge is 2.29. The van der Waals surface area contributed by atoms with Crippen LogP contribution in [-0.4, -0.2) is 116 Å². The Balaban J connectivity index is 0.000000196. The number of benzene rings is 7. The number of ether oxygens (including phenoxy) is 10. The zero-order valence-corrected chi connectivity index (χ0v) is 57.9. The van der Waals surface area contributed by atoms with E-state index in [1.807, 2.05) is 48.5 Å². The summed E-state index contributed by atoms with van der Waals surface area (Å²) in [6.07, 6.45) is 3.29. The molecule has 526 valence electrons. The molecule has 3 N–H and O–H groups in total. The fourth-order valence-corrected chi connectivity index (χ4v) is 10.7. The number of rotatable bonds is 29. The SMILES string of the molecule is COc1cc(CNC(=O)C(OC(=O)CSc2ncccn2)c2cccc(C#N)c2)cc(OC)c1OC.COc1ccc(CC(=O)OC(C(=O)NCc2ccc3c(c2)OCO3)c2ccc(C#N)cc2)cc1.COc1ccc(CCNC(=O)C(OC(=O)CSc2ncccn2)c2ccc(C#N)cc2)cc1. The number of carbonyl (C=O) groups is 6. The van der Waals surface area contributed by atoms with Gasteiger partial charge in [-0.3, -0.25) is 28.8 Å². The molecular weight excluding hydrogens is 1360 g/mol. The average molecular weight is 1430 g/mol. The fourth-order valence-electron chi connectivity index (χ4n) is 9.50. The van der Waals surface area contributed by atoms with Crippen LogP contribution >= 0.6 is 23.5 Å². The summed E-state index contributed by atoms with van der Waals surface area (Å²) < 4.78 is 53.6. The largest absolute Gasteiger partial charge is 0.497 e. The van der Waals surface area contributed by atoms with E-state index in [0.29, 0.717) is 96.7 Å². The van der Waals surface area contributed by atoms with Gasteiger partial charge in [0.15, 0.2) is 33.3 Å². The number of fused-ring (bicyclic) bond motifs is 1. The lowest BCUT2D eigenvalue weighted by Crippen LogP contribution is -2.33. The van der Waals surface area contributed by atoms with Gasteiger partial charge in [0.25, 0.3) is 17.7 Å². The molecule has 28 heteroatoms. The van der Waals surface area contributed by atoms with Crippen LogP contribution in [0.2, 0.25) is 0 Å². The summed E-state index contributed by atoms with van der Waals surface area (Å²) in [5.41, 5.74) is 5.76. The molecule has 7 aromatic carbocycles. The summed E-state index contributed by atoms with van der Waals surface area (Å²) in [7, 11) is 7.66. The van der Waals surface area contributed by atoms with E-state index >= 15 is 0 Å². The summed E-state index contributed by atoms with van der Waals surface area (Å²) in [5.74, 6) is 0.596. The van der Waals surface area contributed by atoms with Gasteiger partial charge in [-0.2, -0.15) is 15.8 Å². The zero-order chi connectivity index (χ0) is 73.3. The minimum atomic E-state index is -1.27. The van der Waals surface area contributed by atoms with Crippen molar-refractivity contribution in [2.75, 3.05) is 60.4 Å². The molecule has 2 aromatic heterocycles. The Morgan fingerprint density at radius 1 is 0.447 bits per heavy atom. The number of esters is 3. The lowest BCUT2D eigenvalue weighted by Gasteiger charge is -2.19. The Bertz CT molecular complexity index is 4440. The molecule has 3 atom stereocenters. The van der Waals surface area contributed by atoms with Crippen LogP contribution in [0.25, 0.3) is 0 Å². The van der Waals surface area contributed by atoms with E-state index in [1.165, 1.54) is 27.4 Å². The number of hydrogen-bond acceptors (Lipinski definition) is 25. The highest BCUT2D eigenvalue weighted by atomic mass is 32.2. The molecule has 1 aliphatic heterocycles. The Labute approximate surface area is 601 Å². The van der Waals surface area contributed by atoms with Crippen LogP contribution < -0.4 is 49.1 Å². The normalized spacial score (nSPS) is 11.5. The second kappa shape index (κ2) is 39.8. The van der Waals surface area contributed by atoms with Crippen LogP contribution in [0, 0.1) is 34.0 Å². The minimum Gasteiger partial charge on any atom is -0.497 e. The summed E-state index contributed by atoms with van der Waals surface area (Å²) in [5, 5.41) is 36.6. The molecule has 103 heavy (non-hydrogen) atoms. The van der Waals surface area contributed by atoms with E-state index in [0.717, 1.165) is 46.0 Å². The summed E-state index contributed by atoms with van der Waals surface area (Å²) in [4.78, 5) is 93.0. The lowest BCUT2D eigenvalue weighted by atomic mass is 10.1. The van der Waals surface area contributed by atoms with Gasteiger partial charge in [-0.1, -0.05) is 90.3 Å². The molecule has 1 aliphatic rings. The molecule has 0 saturated carbocycles. The standard InChI is InChI=1S/C26H22N2O6.C25H24N4O6S.C24H22N4O4S/c1-31-21-9-4-17(5-10-21)13-24(29)34-25(20-7-2-18(14-27)3-8-20)26(30)28-15-19-6-11-22-23(12-19)33-16-32-22;1-32-19-11-17(12-20(33-2)23(19)34-3)14-29-24(31)22(18-7-4-6-16(10-18)13-26)35-21(30)15-36-25-27-8-5-9-28-25;1-31-20-9-5-17(6-10-20)11-14-26-23(30)22(19-7-3-18(15-25)4-8-19)32-21(29)16-33-24-27-12-2-13-28-24/h2-12,25H,13,15-16H2,1H3,(H,28,30);4-12,22H,14-15H2,1-3H3,(H,29,31);2-10,12-13,22H,11,14,16H2,1H3,(H,26,30). The van der Waals surface area contributed by atoms with Crippen molar-refractivity contribution in [2.45, 2.75) is 54.6 Å². The van der Waals surface area contributed by atoms with Gasteiger partial charge in [0, 0.05) is 61.1 Å². The smallest absolute Gasteiger partial charge is 0.317 e. The van der Waals surface area contributed by atoms with Crippen LogP contribution in [-0.2, 0) is 68.9 Å². The number of hydrogen-bond donors (Lipinski definition) is 3. The van der Waals surface area contributed by atoms with E-state index in [2.05, 4.69) is 35.9 Å². The third-order valence-corrected chi connectivity index (χ3v) is 16.4. The van der Waals surface area contributed by atoms with Crippen molar-refractivity contribution in [1.29, 1.82) is 15.8 Å². The van der Waals surface area contributed by atoms with Gasteiger partial charge in [0.2, 0.25) is 30.9 Å². The number of nitrogens with one attached hydrogen (secondary N) is 3. The third kappa shape index (κ3) is 23.5. The molecule has 3 heterocycles. The van der Waals surface area contributed by atoms with Crippen molar-refractivity contribution in [3.63, 3.8) is 0 Å². The van der Waals surface area contributed by atoms with E-state index in [4.69, 9.17) is 57.9 Å². The molecule has 0 fully saturated rings. The predicted octanol–water partition coefficient (Wildman–Crippen LogP) is 9.60. The molecule has 3 unspecified atom stereocenters. The first-order valence-electron chi connectivity index (χ1n) is 31.3. The van der Waals surface area contributed by atoms with Gasteiger partial charge < -0.3 is 63.3 Å². The van der Waals surface area contributed by atoms with E-state index in [-0.39, 0.29) is 37.8 Å².